The lowest BCUT2D eigenvalue weighted by Gasteiger charge is -2.38. The van der Waals surface area contributed by atoms with E-state index in [9.17, 15) is 0 Å². The highest BCUT2D eigenvalue weighted by Gasteiger charge is 2.25. The van der Waals surface area contributed by atoms with Crippen LogP contribution in [0.2, 0.25) is 0 Å². The molecule has 1 saturated heterocycles. The third kappa shape index (κ3) is 7.88. The number of nitrogens with zero attached hydrogens (tertiary/aromatic N) is 1. The van der Waals surface area contributed by atoms with Gasteiger partial charge < -0.3 is 5.32 Å². The molecule has 0 aromatic heterocycles. The van der Waals surface area contributed by atoms with Gasteiger partial charge in [0, 0.05) is 24.9 Å². The fourth-order valence-electron chi connectivity index (χ4n) is 4.10. The van der Waals surface area contributed by atoms with Gasteiger partial charge in [-0.3, -0.25) is 4.90 Å². The molecule has 0 aromatic rings. The number of likely N-dealkylation sites (tertiary alicyclic amines) is 1. The normalized spacial score (nSPS) is 19.3. The molecule has 0 spiro atoms. The fraction of sp³-hybridized carbons (Fsp3) is 0.818. The molecule has 0 amide bonds. The lowest BCUT2D eigenvalue weighted by molar-refractivity contribution is 0.180. The van der Waals surface area contributed by atoms with Crippen LogP contribution in [0.3, 0.4) is 0 Å². The van der Waals surface area contributed by atoms with E-state index in [4.69, 9.17) is 0 Å². The van der Waals surface area contributed by atoms with Gasteiger partial charge in [-0.2, -0.15) is 0 Å². The van der Waals surface area contributed by atoms with Crippen molar-refractivity contribution in [2.75, 3.05) is 32.4 Å². The summed E-state index contributed by atoms with van der Waals surface area (Å²) in [6.45, 7) is 5.90. The second-order valence-electron chi connectivity index (χ2n) is 7.74. The van der Waals surface area contributed by atoms with Crippen molar-refractivity contribution in [2.24, 2.45) is 0 Å². The number of hydrogen-bond donors (Lipinski definition) is 1. The first-order chi connectivity index (χ1) is 12.3. The van der Waals surface area contributed by atoms with Gasteiger partial charge in [-0.25, -0.2) is 0 Å². The van der Waals surface area contributed by atoms with Crippen molar-refractivity contribution in [1.29, 1.82) is 0 Å². The van der Waals surface area contributed by atoms with Crippen LogP contribution in [0, 0.1) is 0 Å². The summed E-state index contributed by atoms with van der Waals surface area (Å²) in [5.74, 6) is 1.17. The van der Waals surface area contributed by atoms with Crippen LogP contribution in [0.25, 0.3) is 0 Å². The lowest BCUT2D eigenvalue weighted by Crippen LogP contribution is -2.42. The predicted molar refractivity (Wildman–Crippen MR) is 114 cm³/mol. The summed E-state index contributed by atoms with van der Waals surface area (Å²) >= 11 is 1.96. The SMILES string of the molecule is CCCCCCCCCCC(CCNC)N1CCC2=CSCC=C2C1. The number of rotatable bonds is 13. The summed E-state index contributed by atoms with van der Waals surface area (Å²) < 4.78 is 0. The molecule has 0 bridgehead atoms. The van der Waals surface area contributed by atoms with Crippen molar-refractivity contribution in [1.82, 2.24) is 10.2 Å². The Balaban J connectivity index is 1.69. The van der Waals surface area contributed by atoms with Crippen LogP contribution in [0.4, 0.5) is 0 Å². The largest absolute Gasteiger partial charge is 0.320 e. The first kappa shape index (κ1) is 21.1. The Kier molecular flexibility index (Phi) is 10.9. The summed E-state index contributed by atoms with van der Waals surface area (Å²) in [6.07, 6.45) is 17.8. The highest BCUT2D eigenvalue weighted by molar-refractivity contribution is 8.02. The zero-order valence-corrected chi connectivity index (χ0v) is 17.5. The van der Waals surface area contributed by atoms with E-state index in [1.54, 1.807) is 11.1 Å². The van der Waals surface area contributed by atoms with Gasteiger partial charge in [0.05, 0.1) is 0 Å². The van der Waals surface area contributed by atoms with Crippen molar-refractivity contribution in [2.45, 2.75) is 83.6 Å². The molecule has 2 aliphatic heterocycles. The monoisotopic (exact) mass is 364 g/mol. The zero-order valence-electron chi connectivity index (χ0n) is 16.7. The van der Waals surface area contributed by atoms with Crippen molar-refractivity contribution in [3.63, 3.8) is 0 Å². The third-order valence-electron chi connectivity index (χ3n) is 5.74. The van der Waals surface area contributed by atoms with E-state index in [1.165, 1.54) is 89.5 Å². The van der Waals surface area contributed by atoms with Crippen LogP contribution >= 0.6 is 11.8 Å². The molecule has 0 radical (unpaired) electrons. The smallest absolute Gasteiger partial charge is 0.0236 e. The molecule has 25 heavy (non-hydrogen) atoms. The fourth-order valence-corrected chi connectivity index (χ4v) is 4.96. The molecule has 1 N–H and O–H groups in total. The van der Waals surface area contributed by atoms with Crippen molar-refractivity contribution in [3.8, 4) is 0 Å². The van der Waals surface area contributed by atoms with Gasteiger partial charge in [0.1, 0.15) is 0 Å². The van der Waals surface area contributed by atoms with Gasteiger partial charge >= 0.3 is 0 Å². The molecular weight excluding hydrogens is 324 g/mol. The van der Waals surface area contributed by atoms with Crippen LogP contribution in [0.5, 0.6) is 0 Å². The first-order valence-corrected chi connectivity index (χ1v) is 11.8. The second kappa shape index (κ2) is 13.0. The molecule has 3 heteroatoms. The van der Waals surface area contributed by atoms with Gasteiger partial charge in [-0.1, -0.05) is 64.4 Å². The molecule has 144 valence electrons. The van der Waals surface area contributed by atoms with E-state index in [1.807, 2.05) is 11.8 Å². The first-order valence-electron chi connectivity index (χ1n) is 10.7. The van der Waals surface area contributed by atoms with Gasteiger partial charge in [0.15, 0.2) is 0 Å². The van der Waals surface area contributed by atoms with Gasteiger partial charge in [0.25, 0.3) is 0 Å². The van der Waals surface area contributed by atoms with Crippen LogP contribution in [-0.4, -0.2) is 43.4 Å². The second-order valence-corrected chi connectivity index (χ2v) is 8.64. The standard InChI is InChI=1S/C22H40N2S/c1-3-4-5-6-7-8-9-10-11-22(12-15-23-2)24-16-13-21-19-25-17-14-20(21)18-24/h14,19,22-23H,3-13,15-18H2,1-2H3. The number of piperidine rings is 1. The summed E-state index contributed by atoms with van der Waals surface area (Å²) in [4.78, 5) is 2.78. The molecular formula is C22H40N2S. The van der Waals surface area contributed by atoms with Gasteiger partial charge in [-0.15, -0.1) is 11.8 Å². The number of hydrogen-bond acceptors (Lipinski definition) is 3. The molecule has 0 saturated carbocycles. The maximum atomic E-state index is 3.37. The molecule has 1 unspecified atom stereocenters. The molecule has 2 heterocycles. The Hall–Kier alpha value is -0.250. The Labute approximate surface area is 160 Å². The summed E-state index contributed by atoms with van der Waals surface area (Å²) in [6, 6.07) is 0.768. The average Bonchev–Trinajstić information content (AvgIpc) is 2.66. The summed E-state index contributed by atoms with van der Waals surface area (Å²) in [5, 5.41) is 5.78. The molecule has 0 aliphatic carbocycles. The van der Waals surface area contributed by atoms with Crippen LogP contribution in [0.15, 0.2) is 22.6 Å². The Morgan fingerprint density at radius 3 is 2.56 bits per heavy atom. The van der Waals surface area contributed by atoms with E-state index in [0.29, 0.717) is 0 Å². The minimum atomic E-state index is 0.768. The van der Waals surface area contributed by atoms with Crippen molar-refractivity contribution in [3.05, 3.63) is 22.6 Å². The number of fused-ring (bicyclic) bond motifs is 1. The molecule has 1 atom stereocenters. The summed E-state index contributed by atoms with van der Waals surface area (Å²) in [7, 11) is 2.09. The quantitative estimate of drug-likeness (QED) is 0.418. The highest BCUT2D eigenvalue weighted by Crippen LogP contribution is 2.31. The predicted octanol–water partition coefficient (Wildman–Crippen LogP) is 5.76. The minimum absolute atomic E-state index is 0.768. The van der Waals surface area contributed by atoms with Gasteiger partial charge in [0.2, 0.25) is 0 Å². The molecule has 0 aromatic carbocycles. The molecule has 2 rings (SSSR count). The third-order valence-corrected chi connectivity index (χ3v) is 6.55. The maximum absolute atomic E-state index is 3.37. The van der Waals surface area contributed by atoms with E-state index < -0.39 is 0 Å². The zero-order chi connectivity index (χ0) is 17.7. The lowest BCUT2D eigenvalue weighted by atomic mass is 9.94. The molecule has 2 aliphatic rings. The van der Waals surface area contributed by atoms with Crippen LogP contribution in [0.1, 0.15) is 77.6 Å². The van der Waals surface area contributed by atoms with E-state index in [-0.39, 0.29) is 0 Å². The van der Waals surface area contributed by atoms with Crippen LogP contribution in [-0.2, 0) is 0 Å². The van der Waals surface area contributed by atoms with E-state index in [0.717, 1.165) is 12.6 Å². The highest BCUT2D eigenvalue weighted by atomic mass is 32.2. The molecule has 2 nitrogen and oxygen atoms in total. The van der Waals surface area contributed by atoms with Gasteiger partial charge in [-0.05, 0) is 49.4 Å². The van der Waals surface area contributed by atoms with Crippen LogP contribution < -0.4 is 5.32 Å². The number of thioether (sulfide) groups is 1. The van der Waals surface area contributed by atoms with E-state index in [2.05, 4.69) is 35.7 Å². The van der Waals surface area contributed by atoms with Crippen molar-refractivity contribution >= 4 is 11.8 Å². The Morgan fingerprint density at radius 2 is 1.80 bits per heavy atom. The molecule has 1 fully saturated rings. The number of unbranched alkanes of at least 4 members (excludes halogenated alkanes) is 7. The topological polar surface area (TPSA) is 15.3 Å². The number of nitrogens with one attached hydrogen (secondary N) is 1. The maximum Gasteiger partial charge on any atom is 0.0236 e. The Bertz CT molecular complexity index is 416. The minimum Gasteiger partial charge on any atom is -0.320 e. The summed E-state index contributed by atoms with van der Waals surface area (Å²) in [5.41, 5.74) is 3.24. The van der Waals surface area contributed by atoms with E-state index >= 15 is 0 Å². The average molecular weight is 365 g/mol. The Morgan fingerprint density at radius 1 is 1.04 bits per heavy atom. The van der Waals surface area contributed by atoms with Crippen molar-refractivity contribution < 1.29 is 0 Å².